The van der Waals surface area contributed by atoms with E-state index in [-0.39, 0.29) is 0 Å². The van der Waals surface area contributed by atoms with E-state index >= 15 is 0 Å². The predicted octanol–water partition coefficient (Wildman–Crippen LogP) is 1.80. The van der Waals surface area contributed by atoms with Gasteiger partial charge >= 0.3 is 0 Å². The van der Waals surface area contributed by atoms with Crippen molar-refractivity contribution in [2.45, 2.75) is 0 Å². The molecule has 2 aromatic rings. The van der Waals surface area contributed by atoms with E-state index in [1.54, 1.807) is 29.1 Å². The minimum Gasteiger partial charge on any atom is -0.298 e. The second-order valence-electron chi connectivity index (χ2n) is 2.42. The van der Waals surface area contributed by atoms with Gasteiger partial charge in [-0.05, 0) is 12.1 Å². The highest BCUT2D eigenvalue weighted by Gasteiger charge is 2.00. The lowest BCUT2D eigenvalue weighted by molar-refractivity contribution is 0.112. The summed E-state index contributed by atoms with van der Waals surface area (Å²) in [4.78, 5) is 14.3. The molecule has 0 aliphatic rings. The standard InChI is InChI=1S/C8H5ClN2O/c9-8-2-6(4-12)1-7-3-10-5-11(7)8/h1-5H. The molecule has 0 aliphatic heterocycles. The summed E-state index contributed by atoms with van der Waals surface area (Å²) in [6.07, 6.45) is 4.02. The number of rotatable bonds is 1. The quantitative estimate of drug-likeness (QED) is 0.496. The topological polar surface area (TPSA) is 34.4 Å². The number of halogens is 1. The number of carbonyl (C=O) groups is 1. The SMILES string of the molecule is O=Cc1cc(Cl)n2cncc2c1. The van der Waals surface area contributed by atoms with E-state index in [0.29, 0.717) is 10.7 Å². The van der Waals surface area contributed by atoms with Crippen LogP contribution in [0.1, 0.15) is 10.4 Å². The largest absolute Gasteiger partial charge is 0.298 e. The van der Waals surface area contributed by atoms with Crippen LogP contribution in [0.25, 0.3) is 5.52 Å². The van der Waals surface area contributed by atoms with Crippen molar-refractivity contribution >= 4 is 23.4 Å². The molecule has 12 heavy (non-hydrogen) atoms. The Labute approximate surface area is 73.6 Å². The third-order valence-corrected chi connectivity index (χ3v) is 1.92. The molecule has 0 N–H and O–H groups in total. The molecule has 0 aromatic carbocycles. The number of hydrogen-bond acceptors (Lipinski definition) is 2. The molecule has 0 spiro atoms. The van der Waals surface area contributed by atoms with E-state index < -0.39 is 0 Å². The van der Waals surface area contributed by atoms with E-state index in [1.165, 1.54) is 0 Å². The molecular weight excluding hydrogens is 176 g/mol. The molecule has 2 heterocycles. The molecule has 0 amide bonds. The van der Waals surface area contributed by atoms with Gasteiger partial charge in [0.25, 0.3) is 0 Å². The van der Waals surface area contributed by atoms with Crippen LogP contribution < -0.4 is 0 Å². The van der Waals surface area contributed by atoms with Crippen LogP contribution in [0.3, 0.4) is 0 Å². The third-order valence-electron chi connectivity index (χ3n) is 1.63. The average molecular weight is 181 g/mol. The number of aldehydes is 1. The van der Waals surface area contributed by atoms with E-state index in [4.69, 9.17) is 11.6 Å². The van der Waals surface area contributed by atoms with Crippen molar-refractivity contribution in [2.75, 3.05) is 0 Å². The molecular formula is C8H5ClN2O. The number of carbonyl (C=O) groups excluding carboxylic acids is 1. The van der Waals surface area contributed by atoms with Gasteiger partial charge in [-0.15, -0.1) is 0 Å². The summed E-state index contributed by atoms with van der Waals surface area (Å²) in [5, 5.41) is 0.493. The van der Waals surface area contributed by atoms with Gasteiger partial charge < -0.3 is 0 Å². The lowest BCUT2D eigenvalue weighted by atomic mass is 10.3. The van der Waals surface area contributed by atoms with Gasteiger partial charge in [0.05, 0.1) is 11.7 Å². The van der Waals surface area contributed by atoms with Crippen molar-refractivity contribution in [1.29, 1.82) is 0 Å². The van der Waals surface area contributed by atoms with E-state index in [1.807, 2.05) is 0 Å². The lowest BCUT2D eigenvalue weighted by Gasteiger charge is -1.97. The van der Waals surface area contributed by atoms with Crippen molar-refractivity contribution in [3.63, 3.8) is 0 Å². The van der Waals surface area contributed by atoms with Crippen LogP contribution in [-0.4, -0.2) is 15.7 Å². The molecule has 0 bridgehead atoms. The zero-order valence-electron chi connectivity index (χ0n) is 6.07. The fourth-order valence-corrected chi connectivity index (χ4v) is 1.35. The molecule has 4 heteroatoms. The van der Waals surface area contributed by atoms with Gasteiger partial charge in [-0.3, -0.25) is 9.20 Å². The number of aromatic nitrogens is 2. The number of pyridine rings is 1. The summed E-state index contributed by atoms with van der Waals surface area (Å²) in [5.41, 5.74) is 1.39. The maximum atomic E-state index is 10.4. The van der Waals surface area contributed by atoms with Crippen LogP contribution in [0.15, 0.2) is 24.7 Å². The number of fused-ring (bicyclic) bond motifs is 1. The van der Waals surface area contributed by atoms with Gasteiger partial charge in [0.2, 0.25) is 0 Å². The Morgan fingerprint density at radius 3 is 3.08 bits per heavy atom. The van der Waals surface area contributed by atoms with E-state index in [2.05, 4.69) is 4.98 Å². The molecule has 0 radical (unpaired) electrons. The lowest BCUT2D eigenvalue weighted by Crippen LogP contribution is -1.87. The molecule has 60 valence electrons. The Kier molecular flexibility index (Phi) is 1.59. The Balaban J connectivity index is 2.83. The first-order valence-corrected chi connectivity index (χ1v) is 3.76. The van der Waals surface area contributed by atoms with Crippen molar-refractivity contribution in [1.82, 2.24) is 9.38 Å². The fourth-order valence-electron chi connectivity index (χ4n) is 1.08. The Hall–Kier alpha value is -1.35. The summed E-state index contributed by atoms with van der Waals surface area (Å²) in [6, 6.07) is 3.33. The van der Waals surface area contributed by atoms with Crippen molar-refractivity contribution < 1.29 is 4.79 Å². The van der Waals surface area contributed by atoms with Crippen LogP contribution >= 0.6 is 11.6 Å². The number of nitrogens with zero attached hydrogens (tertiary/aromatic N) is 2. The maximum Gasteiger partial charge on any atom is 0.150 e. The summed E-state index contributed by atoms with van der Waals surface area (Å²) >= 11 is 5.85. The van der Waals surface area contributed by atoms with Gasteiger partial charge in [-0.2, -0.15) is 0 Å². The molecule has 0 atom stereocenters. The van der Waals surface area contributed by atoms with E-state index in [0.717, 1.165) is 11.8 Å². The second-order valence-corrected chi connectivity index (χ2v) is 2.81. The molecule has 0 aliphatic carbocycles. The summed E-state index contributed by atoms with van der Waals surface area (Å²) in [6.45, 7) is 0. The summed E-state index contributed by atoms with van der Waals surface area (Å²) in [7, 11) is 0. The second kappa shape index (κ2) is 2.60. The third kappa shape index (κ3) is 0.987. The summed E-state index contributed by atoms with van der Waals surface area (Å²) < 4.78 is 1.70. The van der Waals surface area contributed by atoms with Crippen molar-refractivity contribution in [3.05, 3.63) is 35.4 Å². The van der Waals surface area contributed by atoms with Crippen molar-refractivity contribution in [2.24, 2.45) is 0 Å². The molecule has 0 saturated carbocycles. The van der Waals surface area contributed by atoms with Gasteiger partial charge in [-0.1, -0.05) is 11.6 Å². The maximum absolute atomic E-state index is 10.4. The molecule has 0 unspecified atom stereocenters. The minimum absolute atomic E-state index is 0.493. The number of imidazole rings is 1. The first kappa shape index (κ1) is 7.31. The van der Waals surface area contributed by atoms with Crippen LogP contribution in [0.2, 0.25) is 5.15 Å². The van der Waals surface area contributed by atoms with Crippen LogP contribution in [-0.2, 0) is 0 Å². The van der Waals surface area contributed by atoms with Crippen molar-refractivity contribution in [3.8, 4) is 0 Å². The average Bonchev–Trinajstić information content (AvgIpc) is 2.52. The Bertz CT molecular complexity index is 436. The van der Waals surface area contributed by atoms with Crippen LogP contribution in [0, 0.1) is 0 Å². The fraction of sp³-hybridized carbons (Fsp3) is 0. The highest BCUT2D eigenvalue weighted by atomic mass is 35.5. The van der Waals surface area contributed by atoms with Gasteiger partial charge in [0.15, 0.2) is 0 Å². The van der Waals surface area contributed by atoms with Gasteiger partial charge in [-0.25, -0.2) is 4.98 Å². The smallest absolute Gasteiger partial charge is 0.150 e. The monoisotopic (exact) mass is 180 g/mol. The molecule has 3 nitrogen and oxygen atoms in total. The van der Waals surface area contributed by atoms with Crippen LogP contribution in [0.4, 0.5) is 0 Å². The zero-order chi connectivity index (χ0) is 8.55. The van der Waals surface area contributed by atoms with Gasteiger partial charge in [0.1, 0.15) is 17.8 Å². The Morgan fingerprint density at radius 2 is 2.33 bits per heavy atom. The minimum atomic E-state index is 0.493. The highest BCUT2D eigenvalue weighted by molar-refractivity contribution is 6.30. The van der Waals surface area contributed by atoms with Crippen LogP contribution in [0.5, 0.6) is 0 Å². The molecule has 0 saturated heterocycles. The first-order valence-electron chi connectivity index (χ1n) is 3.38. The molecule has 0 fully saturated rings. The summed E-state index contributed by atoms with van der Waals surface area (Å²) in [5.74, 6) is 0. The predicted molar refractivity (Wildman–Crippen MR) is 45.6 cm³/mol. The van der Waals surface area contributed by atoms with E-state index in [9.17, 15) is 4.79 Å². The Morgan fingerprint density at radius 1 is 1.50 bits per heavy atom. The first-order chi connectivity index (χ1) is 5.81. The normalized spacial score (nSPS) is 10.4. The number of hydrogen-bond donors (Lipinski definition) is 0. The highest BCUT2D eigenvalue weighted by Crippen LogP contribution is 2.14. The molecule has 2 aromatic heterocycles. The van der Waals surface area contributed by atoms with Gasteiger partial charge in [0, 0.05) is 5.56 Å². The molecule has 2 rings (SSSR count). The zero-order valence-corrected chi connectivity index (χ0v) is 6.82.